The van der Waals surface area contributed by atoms with E-state index in [2.05, 4.69) is 10.2 Å². The SMILES string of the molecule is O=C(OCCCc1ccccc1)c1c(-c2ccccc2)c(-c2ccccc2)n[nH]c1=O. The Labute approximate surface area is 180 Å². The summed E-state index contributed by atoms with van der Waals surface area (Å²) in [6.45, 7) is 0.227. The summed E-state index contributed by atoms with van der Waals surface area (Å²) in [6.07, 6.45) is 1.46. The molecule has 0 aliphatic rings. The summed E-state index contributed by atoms with van der Waals surface area (Å²) in [4.78, 5) is 25.7. The zero-order chi connectivity index (χ0) is 21.5. The normalized spacial score (nSPS) is 10.6. The predicted molar refractivity (Wildman–Crippen MR) is 121 cm³/mol. The monoisotopic (exact) mass is 410 g/mol. The summed E-state index contributed by atoms with van der Waals surface area (Å²) in [6, 6.07) is 28.8. The second-order valence-electron chi connectivity index (χ2n) is 7.11. The number of ether oxygens (including phenoxy) is 1. The highest BCUT2D eigenvalue weighted by atomic mass is 16.5. The summed E-state index contributed by atoms with van der Waals surface area (Å²) in [7, 11) is 0. The standard InChI is InChI=1S/C26H22N2O3/c29-25-23(26(30)31-18-10-13-19-11-4-1-5-12-19)22(20-14-6-2-7-15-20)24(27-28-25)21-16-8-3-9-17-21/h1-9,11-12,14-17H,10,13,18H2,(H,28,29). The summed E-state index contributed by atoms with van der Waals surface area (Å²) < 4.78 is 5.50. The molecule has 3 aromatic carbocycles. The van der Waals surface area contributed by atoms with Crippen LogP contribution in [0.1, 0.15) is 22.3 Å². The van der Waals surface area contributed by atoms with E-state index in [1.165, 1.54) is 5.56 Å². The van der Waals surface area contributed by atoms with Crippen LogP contribution in [0.5, 0.6) is 0 Å². The fourth-order valence-electron chi connectivity index (χ4n) is 3.49. The second kappa shape index (κ2) is 9.67. The van der Waals surface area contributed by atoms with Crippen molar-refractivity contribution < 1.29 is 9.53 Å². The topological polar surface area (TPSA) is 72.0 Å². The van der Waals surface area contributed by atoms with Crippen LogP contribution in [0, 0.1) is 0 Å². The number of H-pyrrole nitrogens is 1. The first-order chi connectivity index (χ1) is 15.2. The molecule has 1 aromatic heterocycles. The third-order valence-electron chi connectivity index (χ3n) is 4.98. The molecule has 0 aliphatic heterocycles. The highest BCUT2D eigenvalue weighted by Gasteiger charge is 2.24. The van der Waals surface area contributed by atoms with Crippen LogP contribution in [0.15, 0.2) is 95.8 Å². The molecule has 0 fully saturated rings. The Balaban J connectivity index is 1.65. The summed E-state index contributed by atoms with van der Waals surface area (Å²) in [5.41, 5.74) is 3.13. The average Bonchev–Trinajstić information content (AvgIpc) is 2.83. The molecule has 0 saturated carbocycles. The van der Waals surface area contributed by atoms with E-state index in [9.17, 15) is 9.59 Å². The molecule has 1 N–H and O–H groups in total. The zero-order valence-electron chi connectivity index (χ0n) is 17.0. The lowest BCUT2D eigenvalue weighted by Gasteiger charge is -2.13. The van der Waals surface area contributed by atoms with Gasteiger partial charge in [0.15, 0.2) is 0 Å². The fraction of sp³-hybridized carbons (Fsp3) is 0.115. The van der Waals surface area contributed by atoms with Crippen molar-refractivity contribution in [2.45, 2.75) is 12.8 Å². The fourth-order valence-corrected chi connectivity index (χ4v) is 3.49. The van der Waals surface area contributed by atoms with E-state index in [4.69, 9.17) is 4.74 Å². The summed E-state index contributed by atoms with van der Waals surface area (Å²) >= 11 is 0. The smallest absolute Gasteiger partial charge is 0.344 e. The molecule has 0 radical (unpaired) electrons. The van der Waals surface area contributed by atoms with Gasteiger partial charge in [-0.15, -0.1) is 0 Å². The summed E-state index contributed by atoms with van der Waals surface area (Å²) in [5.74, 6) is -0.646. The molecule has 154 valence electrons. The zero-order valence-corrected chi connectivity index (χ0v) is 17.0. The maximum atomic E-state index is 13.0. The lowest BCUT2D eigenvalue weighted by Crippen LogP contribution is -2.23. The maximum Gasteiger partial charge on any atom is 0.344 e. The van der Waals surface area contributed by atoms with Gasteiger partial charge >= 0.3 is 5.97 Å². The van der Waals surface area contributed by atoms with Crippen molar-refractivity contribution in [2.24, 2.45) is 0 Å². The Hall–Kier alpha value is -3.99. The van der Waals surface area contributed by atoms with Crippen molar-refractivity contribution in [3.05, 3.63) is 112 Å². The molecule has 4 rings (SSSR count). The van der Waals surface area contributed by atoms with Crippen LogP contribution >= 0.6 is 0 Å². The Bertz CT molecular complexity index is 1200. The van der Waals surface area contributed by atoms with E-state index in [0.717, 1.165) is 17.5 Å². The van der Waals surface area contributed by atoms with Crippen molar-refractivity contribution in [1.29, 1.82) is 0 Å². The van der Waals surface area contributed by atoms with E-state index in [-0.39, 0.29) is 12.2 Å². The minimum Gasteiger partial charge on any atom is -0.462 e. The molecule has 0 aliphatic carbocycles. The van der Waals surface area contributed by atoms with Crippen LogP contribution in [-0.4, -0.2) is 22.8 Å². The number of hydrogen-bond acceptors (Lipinski definition) is 4. The lowest BCUT2D eigenvalue weighted by molar-refractivity contribution is 0.0499. The largest absolute Gasteiger partial charge is 0.462 e. The number of nitrogens with one attached hydrogen (secondary N) is 1. The van der Waals surface area contributed by atoms with Crippen molar-refractivity contribution in [2.75, 3.05) is 6.61 Å². The Morgan fingerprint density at radius 1 is 0.806 bits per heavy atom. The molecule has 4 aromatic rings. The predicted octanol–water partition coefficient (Wildman–Crippen LogP) is 4.89. The van der Waals surface area contributed by atoms with Gasteiger partial charge in [-0.05, 0) is 24.0 Å². The molecular formula is C26H22N2O3. The van der Waals surface area contributed by atoms with E-state index >= 15 is 0 Å². The van der Waals surface area contributed by atoms with Gasteiger partial charge in [-0.25, -0.2) is 9.89 Å². The first kappa shape index (κ1) is 20.3. The van der Waals surface area contributed by atoms with E-state index in [0.29, 0.717) is 17.7 Å². The average molecular weight is 410 g/mol. The van der Waals surface area contributed by atoms with Crippen LogP contribution in [0.3, 0.4) is 0 Å². The minimum atomic E-state index is -0.646. The Kier molecular flexibility index (Phi) is 6.33. The Morgan fingerprint density at radius 2 is 1.39 bits per heavy atom. The van der Waals surface area contributed by atoms with Crippen molar-refractivity contribution in [3.63, 3.8) is 0 Å². The van der Waals surface area contributed by atoms with Gasteiger partial charge in [0.1, 0.15) is 5.56 Å². The second-order valence-corrected chi connectivity index (χ2v) is 7.11. The van der Waals surface area contributed by atoms with Crippen LogP contribution in [0.4, 0.5) is 0 Å². The number of esters is 1. The molecule has 0 atom stereocenters. The molecule has 5 nitrogen and oxygen atoms in total. The first-order valence-corrected chi connectivity index (χ1v) is 10.2. The molecule has 0 bridgehead atoms. The molecule has 0 saturated heterocycles. The number of carbonyl (C=O) groups excluding carboxylic acids is 1. The molecule has 1 heterocycles. The third-order valence-corrected chi connectivity index (χ3v) is 4.98. The molecular weight excluding hydrogens is 388 g/mol. The quantitative estimate of drug-likeness (QED) is 0.348. The molecule has 5 heteroatoms. The van der Waals surface area contributed by atoms with Gasteiger partial charge in [-0.2, -0.15) is 5.10 Å². The van der Waals surface area contributed by atoms with Crippen LogP contribution in [0.25, 0.3) is 22.4 Å². The molecule has 0 amide bonds. The van der Waals surface area contributed by atoms with Crippen molar-refractivity contribution in [3.8, 4) is 22.4 Å². The van der Waals surface area contributed by atoms with E-state index < -0.39 is 11.5 Å². The first-order valence-electron chi connectivity index (χ1n) is 10.2. The number of aromatic nitrogens is 2. The van der Waals surface area contributed by atoms with Gasteiger partial charge in [0.05, 0.1) is 12.3 Å². The Morgan fingerprint density at radius 3 is 2.03 bits per heavy atom. The third kappa shape index (κ3) is 4.78. The number of benzene rings is 3. The molecule has 0 spiro atoms. The number of carbonyl (C=O) groups is 1. The lowest BCUT2D eigenvalue weighted by atomic mass is 9.95. The minimum absolute atomic E-state index is 0.0280. The van der Waals surface area contributed by atoms with Crippen LogP contribution in [0.2, 0.25) is 0 Å². The van der Waals surface area contributed by atoms with E-state index in [1.807, 2.05) is 91.0 Å². The highest BCUT2D eigenvalue weighted by molar-refractivity contribution is 6.00. The number of aryl methyl sites for hydroxylation is 1. The van der Waals surface area contributed by atoms with Gasteiger partial charge in [0.25, 0.3) is 5.56 Å². The van der Waals surface area contributed by atoms with Gasteiger partial charge in [-0.3, -0.25) is 4.79 Å². The number of aromatic amines is 1. The van der Waals surface area contributed by atoms with Gasteiger partial charge in [0.2, 0.25) is 0 Å². The summed E-state index contributed by atoms with van der Waals surface area (Å²) in [5, 5.41) is 6.73. The van der Waals surface area contributed by atoms with Crippen molar-refractivity contribution >= 4 is 5.97 Å². The van der Waals surface area contributed by atoms with Crippen molar-refractivity contribution in [1.82, 2.24) is 10.2 Å². The maximum absolute atomic E-state index is 13.0. The highest BCUT2D eigenvalue weighted by Crippen LogP contribution is 2.31. The van der Waals surface area contributed by atoms with Crippen LogP contribution < -0.4 is 5.56 Å². The van der Waals surface area contributed by atoms with E-state index in [1.54, 1.807) is 0 Å². The molecule has 31 heavy (non-hydrogen) atoms. The van der Waals surface area contributed by atoms with Gasteiger partial charge < -0.3 is 4.74 Å². The van der Waals surface area contributed by atoms with Gasteiger partial charge in [0, 0.05) is 11.1 Å². The number of rotatable bonds is 7. The van der Waals surface area contributed by atoms with Crippen LogP contribution in [-0.2, 0) is 11.2 Å². The number of nitrogens with zero attached hydrogens (tertiary/aromatic N) is 1. The molecule has 0 unspecified atom stereocenters. The number of hydrogen-bond donors (Lipinski definition) is 1. The van der Waals surface area contributed by atoms with Gasteiger partial charge in [-0.1, -0.05) is 91.0 Å².